The zero-order valence-corrected chi connectivity index (χ0v) is 14.6. The highest BCUT2D eigenvalue weighted by atomic mass is 16.4. The van der Waals surface area contributed by atoms with Gasteiger partial charge in [-0.1, -0.05) is 32.4 Å². The van der Waals surface area contributed by atoms with Crippen LogP contribution in [0.15, 0.2) is 24.3 Å². The van der Waals surface area contributed by atoms with Crippen LogP contribution in [0.3, 0.4) is 0 Å². The molecule has 0 spiro atoms. The Morgan fingerprint density at radius 3 is 2.61 bits per heavy atom. The molecular formula is C20H30O3. The van der Waals surface area contributed by atoms with Crippen LogP contribution in [0, 0.1) is 28.1 Å². The Labute approximate surface area is 139 Å². The lowest BCUT2D eigenvalue weighted by Crippen LogP contribution is -2.57. The Balaban J connectivity index is 2.05. The van der Waals surface area contributed by atoms with Crippen LogP contribution >= 0.6 is 0 Å². The Morgan fingerprint density at radius 1 is 1.30 bits per heavy atom. The third-order valence-electron chi connectivity index (χ3n) is 7.44. The highest BCUT2D eigenvalue weighted by Gasteiger charge is 2.60. The van der Waals surface area contributed by atoms with E-state index >= 15 is 0 Å². The maximum absolute atomic E-state index is 12.0. The van der Waals surface area contributed by atoms with Crippen LogP contribution in [-0.2, 0) is 4.79 Å². The molecule has 0 aromatic rings. The molecule has 3 heteroatoms. The van der Waals surface area contributed by atoms with Crippen molar-refractivity contribution in [2.45, 2.75) is 65.4 Å². The second-order valence-corrected chi connectivity index (χ2v) is 8.83. The third-order valence-corrected chi connectivity index (χ3v) is 7.44. The van der Waals surface area contributed by atoms with Crippen LogP contribution in [0.25, 0.3) is 0 Å². The van der Waals surface area contributed by atoms with Gasteiger partial charge >= 0.3 is 5.97 Å². The highest BCUT2D eigenvalue weighted by molar-refractivity contribution is 5.75. The van der Waals surface area contributed by atoms with Crippen LogP contribution in [0.5, 0.6) is 0 Å². The largest absolute Gasteiger partial charge is 0.481 e. The lowest BCUT2D eigenvalue weighted by molar-refractivity contribution is -0.168. The summed E-state index contributed by atoms with van der Waals surface area (Å²) >= 11 is 0. The molecule has 6 atom stereocenters. The lowest BCUT2D eigenvalue weighted by Gasteiger charge is -2.60. The number of rotatable bonds is 2. The normalized spacial score (nSPS) is 49.6. The second kappa shape index (κ2) is 5.20. The van der Waals surface area contributed by atoms with Crippen LogP contribution in [0.4, 0.5) is 0 Å². The number of aliphatic hydroxyl groups excluding tert-OH is 1. The summed E-state index contributed by atoms with van der Waals surface area (Å²) in [5.41, 5.74) is 0.380. The smallest absolute Gasteiger partial charge is 0.309 e. The first kappa shape index (κ1) is 16.8. The van der Waals surface area contributed by atoms with Crippen molar-refractivity contribution in [1.29, 1.82) is 0 Å². The number of carboxylic acids is 1. The number of aliphatic hydroxyl groups is 1. The predicted molar refractivity (Wildman–Crippen MR) is 90.9 cm³/mol. The third kappa shape index (κ3) is 2.31. The number of aliphatic carboxylic acids is 1. The van der Waals surface area contributed by atoms with Crippen molar-refractivity contribution in [2.24, 2.45) is 28.1 Å². The van der Waals surface area contributed by atoms with Gasteiger partial charge < -0.3 is 10.2 Å². The number of allylic oxidation sites excluding steroid dienone is 2. The number of hydrogen-bond acceptors (Lipinski definition) is 2. The SMILES string of the molecule is C=C[C@]1(C)C=C2[C@@H](CC1)C1(C)CCC[C@@](C)(C(=O)O)[C@H]1C[C@@H]2O. The quantitative estimate of drug-likeness (QED) is 0.751. The lowest BCUT2D eigenvalue weighted by atomic mass is 9.44. The fourth-order valence-corrected chi connectivity index (χ4v) is 5.85. The fourth-order valence-electron chi connectivity index (χ4n) is 5.85. The number of carbonyl (C=O) groups is 1. The van der Waals surface area contributed by atoms with Gasteiger partial charge in [0.15, 0.2) is 0 Å². The topological polar surface area (TPSA) is 57.5 Å². The zero-order valence-electron chi connectivity index (χ0n) is 14.6. The zero-order chi connectivity index (χ0) is 17.0. The van der Waals surface area contributed by atoms with Gasteiger partial charge in [-0.15, -0.1) is 6.58 Å². The molecule has 1 unspecified atom stereocenters. The maximum Gasteiger partial charge on any atom is 0.309 e. The van der Waals surface area contributed by atoms with Crippen molar-refractivity contribution in [1.82, 2.24) is 0 Å². The summed E-state index contributed by atoms with van der Waals surface area (Å²) in [7, 11) is 0. The number of hydrogen-bond donors (Lipinski definition) is 2. The fraction of sp³-hybridized carbons (Fsp3) is 0.750. The van der Waals surface area contributed by atoms with Crippen LogP contribution in [-0.4, -0.2) is 22.3 Å². The summed E-state index contributed by atoms with van der Waals surface area (Å²) in [6, 6.07) is 0. The van der Waals surface area contributed by atoms with Crippen molar-refractivity contribution >= 4 is 5.97 Å². The van der Waals surface area contributed by atoms with E-state index in [0.717, 1.165) is 37.7 Å². The van der Waals surface area contributed by atoms with Crippen LogP contribution in [0.2, 0.25) is 0 Å². The molecule has 0 heterocycles. The average molecular weight is 318 g/mol. The molecule has 3 aliphatic carbocycles. The summed E-state index contributed by atoms with van der Waals surface area (Å²) in [6.45, 7) is 10.3. The minimum Gasteiger partial charge on any atom is -0.481 e. The molecule has 0 amide bonds. The van der Waals surface area contributed by atoms with Gasteiger partial charge in [0.25, 0.3) is 0 Å². The number of fused-ring (bicyclic) bond motifs is 3. The Bertz CT molecular complexity index is 565. The molecule has 2 saturated carbocycles. The summed E-state index contributed by atoms with van der Waals surface area (Å²) < 4.78 is 0. The van der Waals surface area contributed by atoms with Crippen molar-refractivity contribution in [3.63, 3.8) is 0 Å². The molecule has 128 valence electrons. The molecule has 3 nitrogen and oxygen atoms in total. The molecule has 3 rings (SSSR count). The Hall–Kier alpha value is -1.09. The minimum atomic E-state index is -0.710. The van der Waals surface area contributed by atoms with Crippen molar-refractivity contribution in [3.8, 4) is 0 Å². The molecule has 0 aliphatic heterocycles. The first-order valence-electron chi connectivity index (χ1n) is 8.94. The Kier molecular flexibility index (Phi) is 3.79. The van der Waals surface area contributed by atoms with Crippen molar-refractivity contribution < 1.29 is 15.0 Å². The first-order chi connectivity index (χ1) is 10.7. The molecule has 2 fully saturated rings. The van der Waals surface area contributed by atoms with E-state index in [-0.39, 0.29) is 16.7 Å². The highest BCUT2D eigenvalue weighted by Crippen LogP contribution is 2.63. The standard InChI is InChI=1S/C20H30O3/c1-5-18(2)10-7-14-13(12-18)15(21)11-16-19(14,3)8-6-9-20(16,4)17(22)23/h5,12,14-16,21H,1,6-11H2,2-4H3,(H,22,23)/t14-,15+,16+,18+,19?,20-/m1/s1. The van der Waals surface area contributed by atoms with E-state index in [4.69, 9.17) is 0 Å². The van der Waals surface area contributed by atoms with E-state index in [1.807, 2.05) is 13.0 Å². The molecule has 0 aromatic carbocycles. The summed E-state index contributed by atoms with van der Waals surface area (Å²) in [6.07, 6.45) is 9.10. The summed E-state index contributed by atoms with van der Waals surface area (Å²) in [5.74, 6) is -0.338. The van der Waals surface area contributed by atoms with Crippen LogP contribution in [0.1, 0.15) is 59.3 Å². The van der Waals surface area contributed by atoms with Crippen LogP contribution < -0.4 is 0 Å². The maximum atomic E-state index is 12.0. The number of carboxylic acid groups (broad SMARTS) is 1. The van der Waals surface area contributed by atoms with E-state index in [1.54, 1.807) is 0 Å². The monoisotopic (exact) mass is 318 g/mol. The Morgan fingerprint density at radius 2 is 2.00 bits per heavy atom. The summed E-state index contributed by atoms with van der Waals surface area (Å²) in [5, 5.41) is 20.6. The van der Waals surface area contributed by atoms with E-state index in [1.165, 1.54) is 0 Å². The molecule has 23 heavy (non-hydrogen) atoms. The van der Waals surface area contributed by atoms with Gasteiger partial charge in [-0.05, 0) is 61.9 Å². The van der Waals surface area contributed by atoms with Gasteiger partial charge in [-0.25, -0.2) is 0 Å². The van der Waals surface area contributed by atoms with Crippen molar-refractivity contribution in [3.05, 3.63) is 24.3 Å². The summed E-state index contributed by atoms with van der Waals surface area (Å²) in [4.78, 5) is 12.0. The second-order valence-electron chi connectivity index (χ2n) is 8.83. The van der Waals surface area contributed by atoms with E-state index in [2.05, 4.69) is 26.5 Å². The predicted octanol–water partition coefficient (Wildman–Crippen LogP) is 4.18. The van der Waals surface area contributed by atoms with Gasteiger partial charge in [-0.2, -0.15) is 0 Å². The van der Waals surface area contributed by atoms with Gasteiger partial charge in [0.2, 0.25) is 0 Å². The van der Waals surface area contributed by atoms with Gasteiger partial charge in [0.1, 0.15) is 0 Å². The molecular weight excluding hydrogens is 288 g/mol. The molecule has 2 N–H and O–H groups in total. The molecule has 0 aromatic heterocycles. The van der Waals surface area contributed by atoms with E-state index in [0.29, 0.717) is 12.3 Å². The van der Waals surface area contributed by atoms with Gasteiger partial charge in [-0.3, -0.25) is 4.79 Å². The molecule has 0 radical (unpaired) electrons. The van der Waals surface area contributed by atoms with Gasteiger partial charge in [0.05, 0.1) is 11.5 Å². The first-order valence-corrected chi connectivity index (χ1v) is 8.94. The molecule has 0 bridgehead atoms. The van der Waals surface area contributed by atoms with E-state index < -0.39 is 17.5 Å². The van der Waals surface area contributed by atoms with Crippen molar-refractivity contribution in [2.75, 3.05) is 0 Å². The molecule has 3 aliphatic rings. The molecule has 0 saturated heterocycles. The average Bonchev–Trinajstić information content (AvgIpc) is 2.50. The van der Waals surface area contributed by atoms with E-state index in [9.17, 15) is 15.0 Å². The van der Waals surface area contributed by atoms with Gasteiger partial charge in [0, 0.05) is 5.41 Å². The minimum absolute atomic E-state index is 0.0149.